The fourth-order valence-corrected chi connectivity index (χ4v) is 4.67. The maximum Gasteiger partial charge on any atom is 0.245 e. The lowest BCUT2D eigenvalue weighted by Gasteiger charge is -2.16. The lowest BCUT2D eigenvalue weighted by molar-refractivity contribution is -0.131. The summed E-state index contributed by atoms with van der Waals surface area (Å²) in [5, 5.41) is 0. The van der Waals surface area contributed by atoms with E-state index < -0.39 is 10.9 Å². The van der Waals surface area contributed by atoms with Crippen LogP contribution in [0.15, 0.2) is 18.6 Å². The second-order valence-electron chi connectivity index (χ2n) is 8.60. The number of pyridine rings is 1. The molecule has 2 aliphatic rings. The molecule has 0 bridgehead atoms. The van der Waals surface area contributed by atoms with Gasteiger partial charge in [0.1, 0.15) is 18.3 Å². The Morgan fingerprint density at radius 1 is 1.20 bits per heavy atom. The van der Waals surface area contributed by atoms with E-state index in [1.165, 1.54) is 13.4 Å². The number of rotatable bonds is 9. The Hall–Kier alpha value is -3.32. The van der Waals surface area contributed by atoms with E-state index in [0.29, 0.717) is 59.5 Å². The number of likely N-dealkylation sites (tertiary alicyclic amines) is 1. The Balaban J connectivity index is 1.45. The number of nitrogens with zero attached hydrogens (tertiary/aromatic N) is 6. The number of fused-ring (bicyclic) bond motifs is 1. The number of imidazole rings is 1. The predicted molar refractivity (Wildman–Crippen MR) is 126 cm³/mol. The molecule has 1 aliphatic carbocycles. The van der Waals surface area contributed by atoms with Gasteiger partial charge in [0.15, 0.2) is 11.2 Å². The number of aromatic nitrogens is 5. The van der Waals surface area contributed by atoms with Crippen molar-refractivity contribution in [2.45, 2.75) is 45.4 Å². The highest BCUT2D eigenvalue weighted by molar-refractivity contribution is 7.70. The van der Waals surface area contributed by atoms with Gasteiger partial charge in [-0.2, -0.15) is 4.98 Å². The summed E-state index contributed by atoms with van der Waals surface area (Å²) in [7, 11) is -1.29. The number of thiol groups is 1. The summed E-state index contributed by atoms with van der Waals surface area (Å²) in [5.41, 5.74) is 2.40. The molecule has 12 nitrogen and oxygen atoms in total. The highest BCUT2D eigenvalue weighted by Crippen LogP contribution is 2.34. The van der Waals surface area contributed by atoms with Crippen LogP contribution in [0.1, 0.15) is 31.7 Å². The number of methoxy groups -OCH3 is 1. The fraction of sp³-hybridized carbons (Fsp3) is 0.500. The molecule has 186 valence electrons. The van der Waals surface area contributed by atoms with E-state index in [4.69, 9.17) is 14.5 Å². The first kappa shape index (κ1) is 23.4. The molecule has 0 spiro atoms. The van der Waals surface area contributed by atoms with E-state index in [9.17, 15) is 13.2 Å². The van der Waals surface area contributed by atoms with E-state index in [-0.39, 0.29) is 24.5 Å². The maximum absolute atomic E-state index is 12.4. The lowest BCUT2D eigenvalue weighted by Crippen LogP contribution is -2.32. The molecule has 3 aromatic heterocycles. The summed E-state index contributed by atoms with van der Waals surface area (Å²) in [4.78, 5) is 32.2. The molecule has 1 atom stereocenters. The highest BCUT2D eigenvalue weighted by atomic mass is 32.2. The zero-order valence-electron chi connectivity index (χ0n) is 19.5. The van der Waals surface area contributed by atoms with Crippen molar-refractivity contribution in [1.29, 1.82) is 0 Å². The fourth-order valence-electron chi connectivity index (χ4n) is 4.37. The molecule has 0 aromatic carbocycles. The summed E-state index contributed by atoms with van der Waals surface area (Å²) in [6.45, 7) is 3.84. The topological polar surface area (TPSA) is 141 Å². The van der Waals surface area contributed by atoms with Crippen LogP contribution in [-0.4, -0.2) is 70.0 Å². The second kappa shape index (κ2) is 9.74. The van der Waals surface area contributed by atoms with Crippen molar-refractivity contribution in [3.63, 3.8) is 0 Å². The number of aryl methyl sites for hydroxylation is 1. The zero-order valence-corrected chi connectivity index (χ0v) is 20.4. The minimum absolute atomic E-state index is 0.0427. The van der Waals surface area contributed by atoms with Crippen LogP contribution in [0.5, 0.6) is 11.8 Å². The molecule has 1 amide bonds. The van der Waals surface area contributed by atoms with Crippen molar-refractivity contribution in [1.82, 2.24) is 34.1 Å². The molecule has 35 heavy (non-hydrogen) atoms. The van der Waals surface area contributed by atoms with Crippen molar-refractivity contribution < 1.29 is 22.7 Å². The van der Waals surface area contributed by atoms with Crippen LogP contribution in [0.4, 0.5) is 0 Å². The summed E-state index contributed by atoms with van der Waals surface area (Å²) in [6.07, 6.45) is 5.63. The van der Waals surface area contributed by atoms with Crippen LogP contribution >= 0.6 is 0 Å². The Morgan fingerprint density at radius 2 is 2.03 bits per heavy atom. The first-order valence-corrected chi connectivity index (χ1v) is 12.7. The van der Waals surface area contributed by atoms with Gasteiger partial charge < -0.3 is 18.9 Å². The normalized spacial score (nSPS) is 17.9. The Bertz CT molecular complexity index is 1330. The Kier molecular flexibility index (Phi) is 6.52. The van der Waals surface area contributed by atoms with Gasteiger partial charge in [0.25, 0.3) is 0 Å². The van der Waals surface area contributed by atoms with Gasteiger partial charge >= 0.3 is 0 Å². The lowest BCUT2D eigenvalue weighted by atomic mass is 10.2. The van der Waals surface area contributed by atoms with E-state index >= 15 is 0 Å². The van der Waals surface area contributed by atoms with Gasteiger partial charge in [-0.15, -0.1) is 0 Å². The van der Waals surface area contributed by atoms with Crippen molar-refractivity contribution in [3.8, 4) is 23.1 Å². The predicted octanol–water partition coefficient (Wildman–Crippen LogP) is 0.922. The minimum atomic E-state index is -2.76. The molecule has 0 radical (unpaired) electrons. The number of carbonyl (C=O) groups excluding carboxylic acids is 1. The van der Waals surface area contributed by atoms with Gasteiger partial charge in [0.05, 0.1) is 13.7 Å². The molecule has 1 saturated carbocycles. The smallest absolute Gasteiger partial charge is 0.245 e. The van der Waals surface area contributed by atoms with E-state index in [1.807, 2.05) is 16.4 Å². The van der Waals surface area contributed by atoms with Gasteiger partial charge in [-0.25, -0.2) is 28.1 Å². The summed E-state index contributed by atoms with van der Waals surface area (Å²) < 4.78 is 37.8. The van der Waals surface area contributed by atoms with Crippen molar-refractivity contribution in [3.05, 3.63) is 24.2 Å². The highest BCUT2D eigenvalue weighted by Gasteiger charge is 2.37. The SMILES string of the molecule is CCn1c(-c2cnc(OC)c(CN[SH](=O)=O)c2)nc2c(OC3CCN(C(=O)C4CC4)C3)ncnc21. The molecule has 1 aliphatic heterocycles. The van der Waals surface area contributed by atoms with Gasteiger partial charge in [-0.05, 0) is 25.8 Å². The monoisotopic (exact) mass is 501 g/mol. The molecule has 1 saturated heterocycles. The number of hydrogen-bond donors (Lipinski definition) is 2. The van der Waals surface area contributed by atoms with Gasteiger partial charge in [-0.1, -0.05) is 0 Å². The molecular weight excluding hydrogens is 474 g/mol. The first-order valence-electron chi connectivity index (χ1n) is 11.6. The van der Waals surface area contributed by atoms with Gasteiger partial charge in [-0.3, -0.25) is 4.79 Å². The van der Waals surface area contributed by atoms with Crippen LogP contribution in [0.25, 0.3) is 22.6 Å². The third kappa shape index (κ3) is 4.78. The average Bonchev–Trinajstić information content (AvgIpc) is 3.49. The molecule has 1 N–H and O–H groups in total. The van der Waals surface area contributed by atoms with E-state index in [2.05, 4.69) is 19.7 Å². The minimum Gasteiger partial charge on any atom is -0.481 e. The van der Waals surface area contributed by atoms with E-state index in [0.717, 1.165) is 19.3 Å². The maximum atomic E-state index is 12.4. The number of ether oxygens (including phenoxy) is 2. The van der Waals surface area contributed by atoms with Crippen molar-refractivity contribution >= 4 is 28.0 Å². The van der Waals surface area contributed by atoms with Crippen molar-refractivity contribution in [2.24, 2.45) is 5.92 Å². The van der Waals surface area contributed by atoms with Crippen LogP contribution in [0, 0.1) is 5.92 Å². The number of hydrogen-bond acceptors (Lipinski definition) is 9. The Morgan fingerprint density at radius 3 is 2.74 bits per heavy atom. The molecular formula is C22H27N7O5S. The summed E-state index contributed by atoms with van der Waals surface area (Å²) in [5.74, 6) is 1.72. The second-order valence-corrected chi connectivity index (χ2v) is 9.43. The van der Waals surface area contributed by atoms with Crippen LogP contribution in [0.2, 0.25) is 0 Å². The number of carbonyl (C=O) groups is 1. The number of amides is 1. The Labute approximate surface area is 203 Å². The van der Waals surface area contributed by atoms with E-state index in [1.54, 1.807) is 12.3 Å². The number of nitrogens with one attached hydrogen (secondary N) is 1. The molecule has 13 heteroatoms. The average molecular weight is 502 g/mol. The summed E-state index contributed by atoms with van der Waals surface area (Å²) >= 11 is 0. The largest absolute Gasteiger partial charge is 0.481 e. The first-order chi connectivity index (χ1) is 17.0. The third-order valence-corrected chi connectivity index (χ3v) is 6.67. The van der Waals surface area contributed by atoms with Crippen LogP contribution in [0.3, 0.4) is 0 Å². The van der Waals surface area contributed by atoms with Crippen molar-refractivity contribution in [2.75, 3.05) is 20.2 Å². The molecule has 3 aromatic rings. The molecule has 1 unspecified atom stereocenters. The van der Waals surface area contributed by atoms with Crippen LogP contribution in [-0.2, 0) is 28.8 Å². The van der Waals surface area contributed by atoms with Gasteiger partial charge in [0, 0.05) is 49.3 Å². The van der Waals surface area contributed by atoms with Gasteiger partial charge in [0.2, 0.25) is 28.6 Å². The molecule has 5 rings (SSSR count). The quantitative estimate of drug-likeness (QED) is 0.409. The van der Waals surface area contributed by atoms with Crippen LogP contribution < -0.4 is 14.2 Å². The summed E-state index contributed by atoms with van der Waals surface area (Å²) in [6, 6.07) is 1.79. The molecule has 2 fully saturated rings. The third-order valence-electron chi connectivity index (χ3n) is 6.25. The molecule has 4 heterocycles. The zero-order chi connectivity index (χ0) is 24.5. The standard InChI is InChI=1S/C22H27N7O5S/c1-3-29-18(14-8-15(10-26-35(31)32)20(33-2)23-9-14)27-17-19(29)24-12-25-21(17)34-16-6-7-28(11-16)22(30)13-4-5-13/h8-9,12-13,16,35H,3-7,10-11H2,1-2H3,(H,26,31,32).